The summed E-state index contributed by atoms with van der Waals surface area (Å²) in [6, 6.07) is 0.655. The van der Waals surface area contributed by atoms with Crippen LogP contribution in [0.1, 0.15) is 66.2 Å². The van der Waals surface area contributed by atoms with E-state index in [4.69, 9.17) is 0 Å². The molecule has 0 heterocycles. The Hall–Kier alpha value is -0.370. The van der Waals surface area contributed by atoms with Crippen molar-refractivity contribution < 1.29 is 4.79 Å². The van der Waals surface area contributed by atoms with Gasteiger partial charge in [0.25, 0.3) is 0 Å². The van der Waals surface area contributed by atoms with E-state index < -0.39 is 0 Å². The van der Waals surface area contributed by atoms with Crippen molar-refractivity contribution in [1.29, 1.82) is 0 Å². The lowest BCUT2D eigenvalue weighted by Crippen LogP contribution is -2.42. The summed E-state index contributed by atoms with van der Waals surface area (Å²) >= 11 is 0. The van der Waals surface area contributed by atoms with Gasteiger partial charge in [0, 0.05) is 31.5 Å². The standard InChI is InChI=1S/C16H31NO/c1-5-15(6-2)17(11-13(3)4)12-14-9-7-8-10-16(14)18/h13-15H,5-12H2,1-4H3. The van der Waals surface area contributed by atoms with Crippen molar-refractivity contribution in [3.05, 3.63) is 0 Å². The molecule has 0 radical (unpaired) electrons. The average molecular weight is 253 g/mol. The van der Waals surface area contributed by atoms with Crippen LogP contribution in [-0.2, 0) is 4.79 Å². The highest BCUT2D eigenvalue weighted by atomic mass is 16.1. The lowest BCUT2D eigenvalue weighted by atomic mass is 9.87. The molecule has 1 aliphatic carbocycles. The Bertz CT molecular complexity index is 245. The van der Waals surface area contributed by atoms with Gasteiger partial charge in [-0.05, 0) is 31.6 Å². The lowest BCUT2D eigenvalue weighted by Gasteiger charge is -2.35. The van der Waals surface area contributed by atoms with Gasteiger partial charge < -0.3 is 0 Å². The molecule has 1 unspecified atom stereocenters. The van der Waals surface area contributed by atoms with Crippen molar-refractivity contribution in [2.24, 2.45) is 11.8 Å². The van der Waals surface area contributed by atoms with Crippen LogP contribution in [0.25, 0.3) is 0 Å². The molecule has 0 aromatic carbocycles. The third kappa shape index (κ3) is 4.72. The number of Topliss-reactive ketones (excluding diaryl/α,β-unsaturated/α-hetero) is 1. The fourth-order valence-electron chi connectivity index (χ4n) is 3.18. The molecule has 0 aliphatic heterocycles. The number of nitrogens with zero attached hydrogens (tertiary/aromatic N) is 1. The minimum Gasteiger partial charge on any atom is -0.299 e. The third-order valence-corrected chi connectivity index (χ3v) is 4.19. The van der Waals surface area contributed by atoms with E-state index in [1.54, 1.807) is 0 Å². The smallest absolute Gasteiger partial charge is 0.137 e. The molecule has 0 aromatic rings. The summed E-state index contributed by atoms with van der Waals surface area (Å²) in [6.07, 6.45) is 6.70. The molecule has 1 saturated carbocycles. The topological polar surface area (TPSA) is 20.3 Å². The first-order valence-electron chi connectivity index (χ1n) is 7.85. The second-order valence-electron chi connectivity index (χ2n) is 6.23. The van der Waals surface area contributed by atoms with Gasteiger partial charge >= 0.3 is 0 Å². The van der Waals surface area contributed by atoms with Crippen LogP contribution in [0.4, 0.5) is 0 Å². The van der Waals surface area contributed by atoms with Crippen LogP contribution < -0.4 is 0 Å². The Morgan fingerprint density at radius 1 is 1.22 bits per heavy atom. The molecule has 0 bridgehead atoms. The van der Waals surface area contributed by atoms with E-state index in [-0.39, 0.29) is 0 Å². The monoisotopic (exact) mass is 253 g/mol. The van der Waals surface area contributed by atoms with Crippen LogP contribution in [0.2, 0.25) is 0 Å². The summed E-state index contributed by atoms with van der Waals surface area (Å²) < 4.78 is 0. The maximum Gasteiger partial charge on any atom is 0.137 e. The highest BCUT2D eigenvalue weighted by Gasteiger charge is 2.26. The van der Waals surface area contributed by atoms with E-state index >= 15 is 0 Å². The summed E-state index contributed by atoms with van der Waals surface area (Å²) in [5.41, 5.74) is 0. The Morgan fingerprint density at radius 2 is 1.89 bits per heavy atom. The average Bonchev–Trinajstić information content (AvgIpc) is 2.32. The van der Waals surface area contributed by atoms with E-state index in [0.29, 0.717) is 23.7 Å². The van der Waals surface area contributed by atoms with Crippen molar-refractivity contribution in [2.45, 2.75) is 72.3 Å². The normalized spacial score (nSPS) is 21.3. The fourth-order valence-corrected chi connectivity index (χ4v) is 3.18. The molecule has 1 atom stereocenters. The van der Waals surface area contributed by atoms with Gasteiger partial charge in [-0.15, -0.1) is 0 Å². The molecule has 18 heavy (non-hydrogen) atoms. The molecular weight excluding hydrogens is 222 g/mol. The number of carbonyl (C=O) groups excluding carboxylic acids is 1. The fraction of sp³-hybridized carbons (Fsp3) is 0.938. The zero-order chi connectivity index (χ0) is 13.5. The Balaban J connectivity index is 2.61. The van der Waals surface area contributed by atoms with Gasteiger partial charge in [0.2, 0.25) is 0 Å². The molecule has 2 nitrogen and oxygen atoms in total. The van der Waals surface area contributed by atoms with Crippen molar-refractivity contribution in [3.8, 4) is 0 Å². The maximum absolute atomic E-state index is 12.0. The lowest BCUT2D eigenvalue weighted by molar-refractivity contribution is -0.125. The van der Waals surface area contributed by atoms with E-state index in [9.17, 15) is 4.79 Å². The molecule has 0 amide bonds. The second kappa shape index (κ2) is 7.93. The molecule has 1 fully saturated rings. The zero-order valence-electron chi connectivity index (χ0n) is 12.7. The summed E-state index contributed by atoms with van der Waals surface area (Å²) in [5, 5.41) is 0. The van der Waals surface area contributed by atoms with Gasteiger partial charge in [-0.3, -0.25) is 9.69 Å². The van der Waals surface area contributed by atoms with E-state index in [2.05, 4.69) is 32.6 Å². The predicted octanol–water partition coefficient (Wildman–Crippen LogP) is 3.89. The summed E-state index contributed by atoms with van der Waals surface area (Å²) in [6.45, 7) is 11.2. The highest BCUT2D eigenvalue weighted by Crippen LogP contribution is 2.23. The number of ketones is 1. The van der Waals surface area contributed by atoms with Gasteiger partial charge in [0.05, 0.1) is 0 Å². The first kappa shape index (κ1) is 15.7. The molecule has 0 N–H and O–H groups in total. The molecule has 106 valence electrons. The maximum atomic E-state index is 12.0. The second-order valence-corrected chi connectivity index (χ2v) is 6.23. The summed E-state index contributed by atoms with van der Waals surface area (Å²) in [7, 11) is 0. The van der Waals surface area contributed by atoms with Gasteiger partial charge in [-0.2, -0.15) is 0 Å². The largest absolute Gasteiger partial charge is 0.299 e. The molecule has 1 aliphatic rings. The van der Waals surface area contributed by atoms with Crippen LogP contribution in [0.3, 0.4) is 0 Å². The minimum absolute atomic E-state index is 0.318. The van der Waals surface area contributed by atoms with Crippen LogP contribution >= 0.6 is 0 Å². The van der Waals surface area contributed by atoms with Crippen LogP contribution in [-0.4, -0.2) is 29.8 Å². The summed E-state index contributed by atoms with van der Waals surface area (Å²) in [5.74, 6) is 1.52. The van der Waals surface area contributed by atoms with Gasteiger partial charge in [-0.25, -0.2) is 0 Å². The Morgan fingerprint density at radius 3 is 2.39 bits per heavy atom. The first-order chi connectivity index (χ1) is 8.58. The van der Waals surface area contributed by atoms with Gasteiger partial charge in [-0.1, -0.05) is 34.1 Å². The van der Waals surface area contributed by atoms with Crippen molar-refractivity contribution in [1.82, 2.24) is 4.90 Å². The Kier molecular flexibility index (Phi) is 6.91. The van der Waals surface area contributed by atoms with Crippen LogP contribution in [0, 0.1) is 11.8 Å². The Labute approximate surface area is 113 Å². The molecule has 0 saturated heterocycles. The number of rotatable bonds is 7. The zero-order valence-corrected chi connectivity index (χ0v) is 12.7. The molecule has 0 spiro atoms. The molecule has 1 rings (SSSR count). The molecular formula is C16H31NO. The van der Waals surface area contributed by atoms with Crippen LogP contribution in [0.15, 0.2) is 0 Å². The molecule has 2 heteroatoms. The van der Waals surface area contributed by atoms with Crippen molar-refractivity contribution in [3.63, 3.8) is 0 Å². The van der Waals surface area contributed by atoms with Crippen LogP contribution in [0.5, 0.6) is 0 Å². The SMILES string of the molecule is CCC(CC)N(CC(C)C)CC1CCCCC1=O. The van der Waals surface area contributed by atoms with Gasteiger partial charge in [0.1, 0.15) is 5.78 Å². The quantitative estimate of drug-likeness (QED) is 0.686. The third-order valence-electron chi connectivity index (χ3n) is 4.19. The van der Waals surface area contributed by atoms with E-state index in [0.717, 1.165) is 32.4 Å². The van der Waals surface area contributed by atoms with Gasteiger partial charge in [0.15, 0.2) is 0 Å². The minimum atomic E-state index is 0.318. The first-order valence-corrected chi connectivity index (χ1v) is 7.85. The molecule has 0 aromatic heterocycles. The number of carbonyl (C=O) groups is 1. The number of hydrogen-bond acceptors (Lipinski definition) is 2. The highest BCUT2D eigenvalue weighted by molar-refractivity contribution is 5.81. The van der Waals surface area contributed by atoms with E-state index in [1.807, 2.05) is 0 Å². The predicted molar refractivity (Wildman–Crippen MR) is 77.7 cm³/mol. The van der Waals surface area contributed by atoms with Crippen molar-refractivity contribution >= 4 is 5.78 Å². The van der Waals surface area contributed by atoms with Crippen molar-refractivity contribution in [2.75, 3.05) is 13.1 Å². The number of hydrogen-bond donors (Lipinski definition) is 0. The summed E-state index contributed by atoms with van der Waals surface area (Å²) in [4.78, 5) is 14.6. The van der Waals surface area contributed by atoms with E-state index in [1.165, 1.54) is 19.3 Å².